The lowest BCUT2D eigenvalue weighted by molar-refractivity contribution is -0.0957. The Kier molecular flexibility index (Phi) is 5.90. The van der Waals surface area contributed by atoms with Gasteiger partial charge in [-0.1, -0.05) is 6.92 Å². The molecular weight excluding hydrogens is 214 g/mol. The molecule has 1 rings (SSSR count). The molecule has 1 saturated carbocycles. The fourth-order valence-corrected chi connectivity index (χ4v) is 2.73. The van der Waals surface area contributed by atoms with Gasteiger partial charge in [-0.15, -0.1) is 0 Å². The molecule has 0 amide bonds. The Labute approximate surface area is 106 Å². The number of ether oxygens (including phenoxy) is 2. The molecule has 0 aromatic heterocycles. The molecule has 0 bridgehead atoms. The number of nitrogens with one attached hydrogen (secondary N) is 1. The van der Waals surface area contributed by atoms with Crippen molar-refractivity contribution in [3.63, 3.8) is 0 Å². The molecule has 0 aromatic rings. The van der Waals surface area contributed by atoms with Crippen molar-refractivity contribution in [3.8, 4) is 0 Å². The van der Waals surface area contributed by atoms with Crippen LogP contribution in [0.25, 0.3) is 0 Å². The Morgan fingerprint density at radius 1 is 1.29 bits per heavy atom. The number of hydrogen-bond acceptors (Lipinski definition) is 3. The largest absolute Gasteiger partial charge is 0.377 e. The topological polar surface area (TPSA) is 30.5 Å². The standard InChI is InChI=1S/C14H29NO2/c1-11(2)17-10-13(15-4)14(16-5)8-6-12(3)7-9-14/h11-13,15H,6-10H2,1-5H3. The number of rotatable bonds is 6. The smallest absolute Gasteiger partial charge is 0.0853 e. The van der Waals surface area contributed by atoms with Crippen LogP contribution < -0.4 is 5.32 Å². The van der Waals surface area contributed by atoms with Gasteiger partial charge in [-0.25, -0.2) is 0 Å². The number of likely N-dealkylation sites (N-methyl/N-ethyl adjacent to an activating group) is 1. The zero-order chi connectivity index (χ0) is 12.9. The van der Waals surface area contributed by atoms with Gasteiger partial charge in [-0.05, 0) is 52.5 Å². The van der Waals surface area contributed by atoms with E-state index >= 15 is 0 Å². The lowest BCUT2D eigenvalue weighted by Gasteiger charge is -2.44. The summed E-state index contributed by atoms with van der Waals surface area (Å²) in [6.07, 6.45) is 5.07. The average molecular weight is 243 g/mol. The second-order valence-corrected chi connectivity index (χ2v) is 5.67. The second-order valence-electron chi connectivity index (χ2n) is 5.67. The minimum atomic E-state index is -0.0316. The van der Waals surface area contributed by atoms with Gasteiger partial charge in [0.2, 0.25) is 0 Å². The zero-order valence-electron chi connectivity index (χ0n) is 12.1. The average Bonchev–Trinajstić information content (AvgIpc) is 2.32. The maximum absolute atomic E-state index is 5.87. The third-order valence-electron chi connectivity index (χ3n) is 4.11. The third kappa shape index (κ3) is 3.94. The van der Waals surface area contributed by atoms with Crippen molar-refractivity contribution in [2.24, 2.45) is 5.92 Å². The summed E-state index contributed by atoms with van der Waals surface area (Å²) >= 11 is 0. The van der Waals surface area contributed by atoms with Crippen LogP contribution in [0.5, 0.6) is 0 Å². The minimum absolute atomic E-state index is 0.0316. The van der Waals surface area contributed by atoms with Crippen molar-refractivity contribution in [1.29, 1.82) is 0 Å². The molecule has 1 aliphatic carbocycles. The molecule has 0 saturated heterocycles. The van der Waals surface area contributed by atoms with Crippen molar-refractivity contribution in [3.05, 3.63) is 0 Å². The molecule has 1 fully saturated rings. The van der Waals surface area contributed by atoms with Gasteiger partial charge in [-0.2, -0.15) is 0 Å². The van der Waals surface area contributed by atoms with Crippen LogP contribution in [0.15, 0.2) is 0 Å². The SMILES string of the molecule is CNC(COC(C)C)C1(OC)CCC(C)CC1. The van der Waals surface area contributed by atoms with E-state index in [1.807, 2.05) is 14.2 Å². The minimum Gasteiger partial charge on any atom is -0.377 e. The van der Waals surface area contributed by atoms with Gasteiger partial charge >= 0.3 is 0 Å². The molecule has 102 valence electrons. The van der Waals surface area contributed by atoms with Crippen molar-refractivity contribution in [2.75, 3.05) is 20.8 Å². The summed E-state index contributed by atoms with van der Waals surface area (Å²) in [5.74, 6) is 0.835. The van der Waals surface area contributed by atoms with Gasteiger partial charge < -0.3 is 14.8 Å². The first kappa shape index (κ1) is 14.9. The van der Waals surface area contributed by atoms with Crippen LogP contribution in [-0.2, 0) is 9.47 Å². The Morgan fingerprint density at radius 2 is 1.88 bits per heavy atom. The first-order valence-corrected chi connectivity index (χ1v) is 6.88. The molecule has 3 heteroatoms. The monoisotopic (exact) mass is 243 g/mol. The van der Waals surface area contributed by atoms with E-state index in [2.05, 4.69) is 26.1 Å². The Hall–Kier alpha value is -0.120. The highest BCUT2D eigenvalue weighted by Crippen LogP contribution is 2.36. The summed E-state index contributed by atoms with van der Waals surface area (Å²) in [7, 11) is 3.85. The summed E-state index contributed by atoms with van der Waals surface area (Å²) in [5.41, 5.74) is -0.0316. The highest BCUT2D eigenvalue weighted by atomic mass is 16.5. The van der Waals surface area contributed by atoms with Crippen LogP contribution in [0.1, 0.15) is 46.5 Å². The van der Waals surface area contributed by atoms with Gasteiger partial charge in [0.25, 0.3) is 0 Å². The van der Waals surface area contributed by atoms with Gasteiger partial charge in [-0.3, -0.25) is 0 Å². The molecule has 1 atom stereocenters. The molecule has 1 aliphatic rings. The summed E-state index contributed by atoms with van der Waals surface area (Å²) in [5, 5.41) is 3.38. The van der Waals surface area contributed by atoms with E-state index in [1.165, 1.54) is 12.8 Å². The first-order valence-electron chi connectivity index (χ1n) is 6.88. The van der Waals surface area contributed by atoms with Crippen LogP contribution >= 0.6 is 0 Å². The Morgan fingerprint density at radius 3 is 2.29 bits per heavy atom. The van der Waals surface area contributed by atoms with Gasteiger partial charge in [0, 0.05) is 7.11 Å². The molecule has 0 heterocycles. The summed E-state index contributed by atoms with van der Waals surface area (Å²) < 4.78 is 11.6. The van der Waals surface area contributed by atoms with Crippen LogP contribution in [0.4, 0.5) is 0 Å². The van der Waals surface area contributed by atoms with Gasteiger partial charge in [0.15, 0.2) is 0 Å². The van der Waals surface area contributed by atoms with Crippen LogP contribution in [-0.4, -0.2) is 38.5 Å². The van der Waals surface area contributed by atoms with Crippen LogP contribution in [0.3, 0.4) is 0 Å². The first-order chi connectivity index (χ1) is 8.04. The van der Waals surface area contributed by atoms with E-state index in [-0.39, 0.29) is 11.7 Å². The van der Waals surface area contributed by atoms with Crippen molar-refractivity contribution >= 4 is 0 Å². The highest BCUT2D eigenvalue weighted by molar-refractivity contribution is 4.96. The fraction of sp³-hybridized carbons (Fsp3) is 1.00. The Balaban J connectivity index is 2.61. The van der Waals surface area contributed by atoms with Gasteiger partial charge in [0.1, 0.15) is 0 Å². The van der Waals surface area contributed by atoms with Crippen LogP contribution in [0, 0.1) is 5.92 Å². The number of methoxy groups -OCH3 is 1. The molecule has 1 unspecified atom stereocenters. The quantitative estimate of drug-likeness (QED) is 0.778. The summed E-state index contributed by atoms with van der Waals surface area (Å²) in [6, 6.07) is 0.294. The third-order valence-corrected chi connectivity index (χ3v) is 4.11. The summed E-state index contributed by atoms with van der Waals surface area (Å²) in [6.45, 7) is 7.22. The molecule has 0 aromatic carbocycles. The molecule has 17 heavy (non-hydrogen) atoms. The van der Waals surface area contributed by atoms with Crippen LogP contribution in [0.2, 0.25) is 0 Å². The molecule has 0 radical (unpaired) electrons. The lowest BCUT2D eigenvalue weighted by atomic mass is 9.75. The second kappa shape index (κ2) is 6.72. The van der Waals surface area contributed by atoms with E-state index in [4.69, 9.17) is 9.47 Å². The highest BCUT2D eigenvalue weighted by Gasteiger charge is 2.41. The number of hydrogen-bond donors (Lipinski definition) is 1. The maximum atomic E-state index is 5.87. The lowest BCUT2D eigenvalue weighted by Crippen LogP contribution is -2.55. The molecule has 0 aliphatic heterocycles. The van der Waals surface area contributed by atoms with Gasteiger partial charge in [0.05, 0.1) is 24.4 Å². The fourth-order valence-electron chi connectivity index (χ4n) is 2.73. The van der Waals surface area contributed by atoms with Crippen molar-refractivity contribution in [2.45, 2.75) is 64.2 Å². The van der Waals surface area contributed by atoms with E-state index in [0.717, 1.165) is 25.4 Å². The van der Waals surface area contributed by atoms with Crippen molar-refractivity contribution < 1.29 is 9.47 Å². The van der Waals surface area contributed by atoms with E-state index < -0.39 is 0 Å². The predicted molar refractivity (Wildman–Crippen MR) is 71.3 cm³/mol. The molecule has 0 spiro atoms. The van der Waals surface area contributed by atoms with E-state index in [9.17, 15) is 0 Å². The Bertz CT molecular complexity index is 210. The van der Waals surface area contributed by atoms with E-state index in [1.54, 1.807) is 0 Å². The molecule has 1 N–H and O–H groups in total. The normalized spacial score (nSPS) is 31.8. The predicted octanol–water partition coefficient (Wildman–Crippen LogP) is 2.59. The summed E-state index contributed by atoms with van der Waals surface area (Å²) in [4.78, 5) is 0. The maximum Gasteiger partial charge on any atom is 0.0853 e. The molecular formula is C14H29NO2. The zero-order valence-corrected chi connectivity index (χ0v) is 12.1. The molecule has 3 nitrogen and oxygen atoms in total. The van der Waals surface area contributed by atoms with E-state index in [0.29, 0.717) is 6.04 Å². The van der Waals surface area contributed by atoms with Crippen molar-refractivity contribution in [1.82, 2.24) is 5.32 Å².